The molecule has 1 N–H and O–H groups in total. The van der Waals surface area contributed by atoms with E-state index in [0.29, 0.717) is 12.4 Å². The number of hydrogen-bond donors (Lipinski definition) is 1. The SMILES string of the molecule is CCN(C(=O)C1CC1)c1ccc(C(=O)O)cn1. The van der Waals surface area contributed by atoms with Gasteiger partial charge in [0.2, 0.25) is 5.91 Å². The van der Waals surface area contributed by atoms with E-state index in [2.05, 4.69) is 4.98 Å². The Morgan fingerprint density at radius 1 is 1.47 bits per heavy atom. The average molecular weight is 234 g/mol. The summed E-state index contributed by atoms with van der Waals surface area (Å²) in [5.41, 5.74) is 0.128. The molecule has 0 unspecified atom stereocenters. The first-order valence-corrected chi connectivity index (χ1v) is 5.64. The van der Waals surface area contributed by atoms with Crippen LogP contribution in [-0.2, 0) is 4.79 Å². The van der Waals surface area contributed by atoms with Crippen LogP contribution in [-0.4, -0.2) is 28.5 Å². The predicted octanol–water partition coefficient (Wildman–Crippen LogP) is 1.54. The number of anilines is 1. The highest BCUT2D eigenvalue weighted by Gasteiger charge is 2.33. The van der Waals surface area contributed by atoms with E-state index >= 15 is 0 Å². The van der Waals surface area contributed by atoms with Crippen molar-refractivity contribution in [3.05, 3.63) is 23.9 Å². The molecule has 0 bridgehead atoms. The molecular formula is C12H14N2O3. The van der Waals surface area contributed by atoms with E-state index in [0.717, 1.165) is 12.8 Å². The molecule has 1 aromatic heterocycles. The molecule has 90 valence electrons. The lowest BCUT2D eigenvalue weighted by Gasteiger charge is -2.19. The molecule has 17 heavy (non-hydrogen) atoms. The van der Waals surface area contributed by atoms with Gasteiger partial charge in [-0.05, 0) is 31.9 Å². The molecule has 1 saturated carbocycles. The Balaban J connectivity index is 2.18. The van der Waals surface area contributed by atoms with Crippen LogP contribution in [0.3, 0.4) is 0 Å². The van der Waals surface area contributed by atoms with Gasteiger partial charge >= 0.3 is 5.97 Å². The number of pyridine rings is 1. The number of carboxylic acids is 1. The van der Waals surface area contributed by atoms with Crippen LogP contribution in [0.2, 0.25) is 0 Å². The Morgan fingerprint density at radius 2 is 2.18 bits per heavy atom. The third-order valence-corrected chi connectivity index (χ3v) is 2.78. The number of aromatic nitrogens is 1. The van der Waals surface area contributed by atoms with Gasteiger partial charge in [-0.25, -0.2) is 9.78 Å². The van der Waals surface area contributed by atoms with Crippen LogP contribution in [0.25, 0.3) is 0 Å². The van der Waals surface area contributed by atoms with Crippen molar-refractivity contribution in [1.29, 1.82) is 0 Å². The molecule has 1 aliphatic rings. The highest BCUT2D eigenvalue weighted by atomic mass is 16.4. The lowest BCUT2D eigenvalue weighted by atomic mass is 10.2. The number of rotatable bonds is 4. The number of carbonyl (C=O) groups excluding carboxylic acids is 1. The number of hydrogen-bond acceptors (Lipinski definition) is 3. The zero-order chi connectivity index (χ0) is 12.4. The summed E-state index contributed by atoms with van der Waals surface area (Å²) < 4.78 is 0. The van der Waals surface area contributed by atoms with E-state index < -0.39 is 5.97 Å². The zero-order valence-corrected chi connectivity index (χ0v) is 9.59. The molecular weight excluding hydrogens is 220 g/mol. The maximum atomic E-state index is 11.9. The fraction of sp³-hybridized carbons (Fsp3) is 0.417. The number of nitrogens with zero attached hydrogens (tertiary/aromatic N) is 2. The van der Waals surface area contributed by atoms with Crippen molar-refractivity contribution in [3.63, 3.8) is 0 Å². The van der Waals surface area contributed by atoms with Crippen LogP contribution in [0.15, 0.2) is 18.3 Å². The molecule has 0 spiro atoms. The lowest BCUT2D eigenvalue weighted by Crippen LogP contribution is -2.32. The van der Waals surface area contributed by atoms with Gasteiger partial charge in [-0.1, -0.05) is 0 Å². The first kappa shape index (κ1) is 11.6. The molecule has 1 aliphatic carbocycles. The van der Waals surface area contributed by atoms with Crippen molar-refractivity contribution < 1.29 is 14.7 Å². The fourth-order valence-corrected chi connectivity index (χ4v) is 1.65. The Morgan fingerprint density at radius 3 is 2.59 bits per heavy atom. The van der Waals surface area contributed by atoms with Crippen molar-refractivity contribution in [2.75, 3.05) is 11.4 Å². The Labute approximate surface area is 99.1 Å². The van der Waals surface area contributed by atoms with Crippen molar-refractivity contribution in [2.45, 2.75) is 19.8 Å². The summed E-state index contributed by atoms with van der Waals surface area (Å²) in [6.07, 6.45) is 3.17. The summed E-state index contributed by atoms with van der Waals surface area (Å²) in [7, 11) is 0. The van der Waals surface area contributed by atoms with Gasteiger partial charge < -0.3 is 5.11 Å². The summed E-state index contributed by atoms with van der Waals surface area (Å²) in [5.74, 6) is -0.269. The van der Waals surface area contributed by atoms with Crippen LogP contribution in [0, 0.1) is 5.92 Å². The van der Waals surface area contributed by atoms with Crippen LogP contribution in [0.4, 0.5) is 5.82 Å². The number of carbonyl (C=O) groups is 2. The van der Waals surface area contributed by atoms with Crippen molar-refractivity contribution in [2.24, 2.45) is 5.92 Å². The van der Waals surface area contributed by atoms with Gasteiger partial charge in [0, 0.05) is 18.7 Å². The maximum Gasteiger partial charge on any atom is 0.337 e. The highest BCUT2D eigenvalue weighted by Crippen LogP contribution is 2.32. The predicted molar refractivity (Wildman–Crippen MR) is 61.9 cm³/mol. The quantitative estimate of drug-likeness (QED) is 0.857. The van der Waals surface area contributed by atoms with E-state index in [1.165, 1.54) is 12.3 Å². The van der Waals surface area contributed by atoms with Gasteiger partial charge in [0.25, 0.3) is 0 Å². The second-order valence-electron chi connectivity index (χ2n) is 4.07. The standard InChI is InChI=1S/C12H14N2O3/c1-2-14(11(15)8-3-4-8)10-6-5-9(7-13-10)12(16)17/h5-8H,2-4H2,1H3,(H,16,17). The van der Waals surface area contributed by atoms with E-state index in [-0.39, 0.29) is 17.4 Å². The minimum atomic E-state index is -1.01. The molecule has 2 rings (SSSR count). The molecule has 5 nitrogen and oxygen atoms in total. The Hall–Kier alpha value is -1.91. The first-order chi connectivity index (χ1) is 8.13. The molecule has 0 aromatic carbocycles. The minimum Gasteiger partial charge on any atom is -0.478 e. The number of amides is 1. The second kappa shape index (κ2) is 4.53. The maximum absolute atomic E-state index is 11.9. The van der Waals surface area contributed by atoms with Gasteiger partial charge in [-0.2, -0.15) is 0 Å². The minimum absolute atomic E-state index is 0.0862. The molecule has 1 fully saturated rings. The van der Waals surface area contributed by atoms with Crippen LogP contribution in [0.5, 0.6) is 0 Å². The van der Waals surface area contributed by atoms with Crippen LogP contribution < -0.4 is 4.90 Å². The highest BCUT2D eigenvalue weighted by molar-refractivity contribution is 5.96. The summed E-state index contributed by atoms with van der Waals surface area (Å²) >= 11 is 0. The molecule has 0 atom stereocenters. The van der Waals surface area contributed by atoms with Gasteiger partial charge in [0.1, 0.15) is 5.82 Å². The van der Waals surface area contributed by atoms with Crippen LogP contribution in [0.1, 0.15) is 30.1 Å². The van der Waals surface area contributed by atoms with Gasteiger partial charge in [-0.3, -0.25) is 9.69 Å². The summed E-state index contributed by atoms with van der Waals surface area (Å²) in [4.78, 5) is 28.2. The van der Waals surface area contributed by atoms with E-state index in [9.17, 15) is 9.59 Å². The van der Waals surface area contributed by atoms with Crippen molar-refractivity contribution in [1.82, 2.24) is 4.98 Å². The molecule has 1 heterocycles. The van der Waals surface area contributed by atoms with Crippen molar-refractivity contribution >= 4 is 17.7 Å². The number of carboxylic acid groups (broad SMARTS) is 1. The average Bonchev–Trinajstić information content (AvgIpc) is 3.14. The zero-order valence-electron chi connectivity index (χ0n) is 9.59. The fourth-order valence-electron chi connectivity index (χ4n) is 1.65. The smallest absolute Gasteiger partial charge is 0.337 e. The third-order valence-electron chi connectivity index (χ3n) is 2.78. The second-order valence-corrected chi connectivity index (χ2v) is 4.07. The summed E-state index contributed by atoms with van der Waals surface area (Å²) in [5, 5.41) is 8.76. The largest absolute Gasteiger partial charge is 0.478 e. The summed E-state index contributed by atoms with van der Waals surface area (Å²) in [6.45, 7) is 2.43. The molecule has 0 saturated heterocycles. The van der Waals surface area contributed by atoms with Crippen LogP contribution >= 0.6 is 0 Å². The Bertz CT molecular complexity index is 438. The molecule has 0 radical (unpaired) electrons. The number of aromatic carboxylic acids is 1. The van der Waals surface area contributed by atoms with Gasteiger partial charge in [0.15, 0.2) is 0 Å². The lowest BCUT2D eigenvalue weighted by molar-refractivity contribution is -0.119. The molecule has 1 amide bonds. The normalized spacial score (nSPS) is 14.4. The van der Waals surface area contributed by atoms with Gasteiger partial charge in [-0.15, -0.1) is 0 Å². The Kier molecular flexibility index (Phi) is 3.08. The molecule has 5 heteroatoms. The van der Waals surface area contributed by atoms with Crippen molar-refractivity contribution in [3.8, 4) is 0 Å². The van der Waals surface area contributed by atoms with Gasteiger partial charge in [0.05, 0.1) is 5.56 Å². The van der Waals surface area contributed by atoms with E-state index in [1.54, 1.807) is 11.0 Å². The third kappa shape index (κ3) is 2.43. The van der Waals surface area contributed by atoms with E-state index in [1.807, 2.05) is 6.92 Å². The summed E-state index contributed by atoms with van der Waals surface area (Å²) in [6, 6.07) is 3.04. The molecule has 1 aromatic rings. The monoisotopic (exact) mass is 234 g/mol. The topological polar surface area (TPSA) is 70.5 Å². The molecule has 0 aliphatic heterocycles. The van der Waals surface area contributed by atoms with E-state index in [4.69, 9.17) is 5.11 Å². The first-order valence-electron chi connectivity index (χ1n) is 5.64.